The second kappa shape index (κ2) is 6.04. The molecule has 5 heteroatoms. The van der Waals surface area contributed by atoms with Crippen LogP contribution in [0.15, 0.2) is 30.3 Å². The summed E-state index contributed by atoms with van der Waals surface area (Å²) in [5.41, 5.74) is 6.72. The predicted octanol–water partition coefficient (Wildman–Crippen LogP) is 2.98. The number of nitrogens with one attached hydrogen (secondary N) is 1. The van der Waals surface area contributed by atoms with Crippen molar-refractivity contribution in [3.8, 4) is 11.6 Å². The van der Waals surface area contributed by atoms with E-state index in [1.807, 2.05) is 31.2 Å². The maximum atomic E-state index is 5.74. The molecule has 0 spiro atoms. The summed E-state index contributed by atoms with van der Waals surface area (Å²) in [4.78, 5) is 8.19. The molecule has 0 saturated heterocycles. The average Bonchev–Trinajstić information content (AvgIpc) is 2.38. The summed E-state index contributed by atoms with van der Waals surface area (Å²) in [6.07, 6.45) is 1.01. The van der Waals surface area contributed by atoms with Gasteiger partial charge in [-0.2, -0.15) is 9.97 Å². The third-order valence-corrected chi connectivity index (χ3v) is 2.58. The Morgan fingerprint density at radius 3 is 2.79 bits per heavy atom. The van der Waals surface area contributed by atoms with Crippen molar-refractivity contribution < 1.29 is 4.74 Å². The molecule has 0 atom stereocenters. The monoisotopic (exact) mass is 258 g/mol. The number of rotatable bonds is 5. The van der Waals surface area contributed by atoms with Crippen LogP contribution in [0.3, 0.4) is 0 Å². The molecule has 2 rings (SSSR count). The van der Waals surface area contributed by atoms with Gasteiger partial charge in [-0.15, -0.1) is 0 Å². The minimum Gasteiger partial charge on any atom is -0.439 e. The molecule has 1 aromatic carbocycles. The fourth-order valence-corrected chi connectivity index (χ4v) is 1.62. The van der Waals surface area contributed by atoms with Gasteiger partial charge in [0, 0.05) is 12.6 Å². The van der Waals surface area contributed by atoms with Crippen LogP contribution in [-0.2, 0) is 0 Å². The summed E-state index contributed by atoms with van der Waals surface area (Å²) in [7, 11) is 0. The third kappa shape index (κ3) is 3.58. The highest BCUT2D eigenvalue weighted by atomic mass is 16.5. The van der Waals surface area contributed by atoms with E-state index < -0.39 is 0 Å². The number of hydrogen-bond donors (Lipinski definition) is 2. The Morgan fingerprint density at radius 2 is 2.05 bits per heavy atom. The molecular weight excluding hydrogens is 240 g/mol. The van der Waals surface area contributed by atoms with Crippen molar-refractivity contribution in [1.82, 2.24) is 9.97 Å². The van der Waals surface area contributed by atoms with Gasteiger partial charge >= 0.3 is 0 Å². The number of aryl methyl sites for hydroxylation is 1. The number of nitrogen functional groups attached to an aromatic ring is 1. The Labute approximate surface area is 112 Å². The van der Waals surface area contributed by atoms with Crippen molar-refractivity contribution in [2.45, 2.75) is 20.3 Å². The fourth-order valence-electron chi connectivity index (χ4n) is 1.62. The quantitative estimate of drug-likeness (QED) is 0.862. The van der Waals surface area contributed by atoms with Crippen molar-refractivity contribution in [3.05, 3.63) is 35.9 Å². The maximum Gasteiger partial charge on any atom is 0.226 e. The van der Waals surface area contributed by atoms with Crippen LogP contribution < -0.4 is 15.8 Å². The van der Waals surface area contributed by atoms with E-state index in [2.05, 4.69) is 22.2 Å². The number of nitrogens with zero attached hydrogens (tertiary/aromatic N) is 2. The van der Waals surface area contributed by atoms with E-state index in [-0.39, 0.29) is 5.95 Å². The van der Waals surface area contributed by atoms with E-state index in [4.69, 9.17) is 10.5 Å². The first-order valence-electron chi connectivity index (χ1n) is 6.31. The molecule has 0 aliphatic carbocycles. The number of benzene rings is 1. The van der Waals surface area contributed by atoms with Gasteiger partial charge in [0.1, 0.15) is 11.6 Å². The van der Waals surface area contributed by atoms with Gasteiger partial charge in [-0.1, -0.05) is 25.1 Å². The molecule has 5 nitrogen and oxygen atoms in total. The number of ether oxygens (including phenoxy) is 1. The first-order chi connectivity index (χ1) is 9.19. The summed E-state index contributed by atoms with van der Waals surface area (Å²) in [6.45, 7) is 4.90. The van der Waals surface area contributed by atoms with Crippen LogP contribution >= 0.6 is 0 Å². The lowest BCUT2D eigenvalue weighted by molar-refractivity contribution is 0.459. The summed E-state index contributed by atoms with van der Waals surface area (Å²) in [5, 5.41) is 3.16. The van der Waals surface area contributed by atoms with Gasteiger partial charge in [-0.3, -0.25) is 0 Å². The molecule has 1 heterocycles. The highest BCUT2D eigenvalue weighted by molar-refractivity contribution is 5.44. The highest BCUT2D eigenvalue weighted by Gasteiger charge is 2.05. The second-order valence-electron chi connectivity index (χ2n) is 4.24. The molecule has 0 aliphatic heterocycles. The summed E-state index contributed by atoms with van der Waals surface area (Å²) in [6, 6.07) is 9.51. The Hall–Kier alpha value is -2.30. The Kier molecular flexibility index (Phi) is 4.18. The molecule has 0 saturated carbocycles. The molecule has 0 fully saturated rings. The average molecular weight is 258 g/mol. The molecule has 0 amide bonds. The first-order valence-corrected chi connectivity index (χ1v) is 6.31. The van der Waals surface area contributed by atoms with Gasteiger partial charge in [0.05, 0.1) is 0 Å². The molecule has 0 radical (unpaired) electrons. The highest BCUT2D eigenvalue weighted by Crippen LogP contribution is 2.24. The SMILES string of the molecule is CCCNc1cc(Oc2ccccc2C)nc(N)n1. The number of anilines is 2. The van der Waals surface area contributed by atoms with Gasteiger partial charge in [0.25, 0.3) is 0 Å². The maximum absolute atomic E-state index is 5.74. The third-order valence-electron chi connectivity index (χ3n) is 2.58. The van der Waals surface area contributed by atoms with Gasteiger partial charge in [0.15, 0.2) is 0 Å². The Bertz CT molecular complexity index is 557. The molecule has 0 unspecified atom stereocenters. The van der Waals surface area contributed by atoms with E-state index in [1.54, 1.807) is 6.07 Å². The standard InChI is InChI=1S/C14H18N4O/c1-3-8-16-12-9-13(18-14(15)17-12)19-11-7-5-4-6-10(11)2/h4-7,9H,3,8H2,1-2H3,(H3,15,16,17,18). The summed E-state index contributed by atoms with van der Waals surface area (Å²) >= 11 is 0. The number of aromatic nitrogens is 2. The normalized spacial score (nSPS) is 10.2. The summed E-state index contributed by atoms with van der Waals surface area (Å²) < 4.78 is 5.74. The molecule has 0 bridgehead atoms. The largest absolute Gasteiger partial charge is 0.439 e. The Balaban J connectivity index is 2.20. The van der Waals surface area contributed by atoms with Crippen LogP contribution in [0.2, 0.25) is 0 Å². The molecule has 3 N–H and O–H groups in total. The van der Waals surface area contributed by atoms with Crippen LogP contribution in [-0.4, -0.2) is 16.5 Å². The number of hydrogen-bond acceptors (Lipinski definition) is 5. The predicted molar refractivity (Wildman–Crippen MR) is 76.5 cm³/mol. The van der Waals surface area contributed by atoms with Crippen molar-refractivity contribution in [3.63, 3.8) is 0 Å². The lowest BCUT2D eigenvalue weighted by atomic mass is 10.2. The summed E-state index contributed by atoms with van der Waals surface area (Å²) in [5.74, 6) is 2.09. The molecule has 19 heavy (non-hydrogen) atoms. The van der Waals surface area contributed by atoms with E-state index in [1.165, 1.54) is 0 Å². The minimum absolute atomic E-state index is 0.199. The molecular formula is C14H18N4O. The number of nitrogens with two attached hydrogens (primary N) is 1. The van der Waals surface area contributed by atoms with Crippen molar-refractivity contribution in [2.24, 2.45) is 0 Å². The van der Waals surface area contributed by atoms with Crippen LogP contribution in [0, 0.1) is 6.92 Å². The number of para-hydroxylation sites is 1. The lowest BCUT2D eigenvalue weighted by Crippen LogP contribution is -2.05. The van der Waals surface area contributed by atoms with Crippen LogP contribution in [0.25, 0.3) is 0 Å². The zero-order valence-corrected chi connectivity index (χ0v) is 11.2. The van der Waals surface area contributed by atoms with Gasteiger partial charge < -0.3 is 15.8 Å². The first kappa shape index (κ1) is 13.1. The van der Waals surface area contributed by atoms with E-state index in [9.17, 15) is 0 Å². The molecule has 2 aromatic rings. The van der Waals surface area contributed by atoms with Crippen molar-refractivity contribution in [2.75, 3.05) is 17.6 Å². The van der Waals surface area contributed by atoms with Crippen molar-refractivity contribution in [1.29, 1.82) is 0 Å². The second-order valence-corrected chi connectivity index (χ2v) is 4.24. The molecule has 1 aromatic heterocycles. The van der Waals surface area contributed by atoms with E-state index in [0.717, 1.165) is 24.3 Å². The smallest absolute Gasteiger partial charge is 0.226 e. The lowest BCUT2D eigenvalue weighted by Gasteiger charge is -2.10. The topological polar surface area (TPSA) is 73.1 Å². The zero-order chi connectivity index (χ0) is 13.7. The minimum atomic E-state index is 0.199. The van der Waals surface area contributed by atoms with Crippen LogP contribution in [0.4, 0.5) is 11.8 Å². The van der Waals surface area contributed by atoms with E-state index in [0.29, 0.717) is 11.7 Å². The fraction of sp³-hybridized carbons (Fsp3) is 0.286. The van der Waals surface area contributed by atoms with Crippen molar-refractivity contribution >= 4 is 11.8 Å². The van der Waals surface area contributed by atoms with Gasteiger partial charge in [0.2, 0.25) is 11.8 Å². The van der Waals surface area contributed by atoms with Gasteiger partial charge in [-0.25, -0.2) is 0 Å². The van der Waals surface area contributed by atoms with Gasteiger partial charge in [-0.05, 0) is 25.0 Å². The molecule has 0 aliphatic rings. The van der Waals surface area contributed by atoms with Crippen LogP contribution in [0.1, 0.15) is 18.9 Å². The Morgan fingerprint density at radius 1 is 1.26 bits per heavy atom. The zero-order valence-electron chi connectivity index (χ0n) is 11.2. The van der Waals surface area contributed by atoms with Crippen LogP contribution in [0.5, 0.6) is 11.6 Å². The van der Waals surface area contributed by atoms with E-state index >= 15 is 0 Å². The molecule has 100 valence electrons.